The molecule has 0 radical (unpaired) electrons. The van der Waals surface area contributed by atoms with Gasteiger partial charge in [0.15, 0.2) is 23.0 Å². The summed E-state index contributed by atoms with van der Waals surface area (Å²) in [6, 6.07) is 18.6. The lowest BCUT2D eigenvalue weighted by Gasteiger charge is -2.73. The summed E-state index contributed by atoms with van der Waals surface area (Å²) in [5.74, 6) is 1.48. The maximum atomic E-state index is 11.3. The molecule has 2 saturated heterocycles. The molecule has 6 aliphatic rings. The van der Waals surface area contributed by atoms with E-state index < -0.39 is 0 Å². The van der Waals surface area contributed by atoms with E-state index in [4.69, 9.17) is 4.74 Å². The van der Waals surface area contributed by atoms with Crippen molar-refractivity contribution in [3.63, 3.8) is 0 Å². The Bertz CT molecular complexity index is 2210. The fraction of sp³-hybridized carbons (Fsp3) is 0.447. The van der Waals surface area contributed by atoms with Gasteiger partial charge in [-0.3, -0.25) is 0 Å². The van der Waals surface area contributed by atoms with Gasteiger partial charge in [0.2, 0.25) is 0 Å². The molecule has 0 unspecified atom stereocenters. The van der Waals surface area contributed by atoms with Crippen LogP contribution in [0.25, 0.3) is 22.9 Å². The highest BCUT2D eigenvalue weighted by molar-refractivity contribution is 6.03. The SMILES string of the molecule is Oc1ccc(/C=C/c2c(CCc3ccc(CN[C@@H]4C[C@H]5O[C@@]67[C@H]8C[C@@H]5C=C[C@@H]8CC[C@]65C[C@H](O)C[C@@H]5CC[C@@H]47)cc3)c(O)c(O)c3c(O)cccc23)cc1O. The minimum absolute atomic E-state index is 0.105. The summed E-state index contributed by atoms with van der Waals surface area (Å²) in [5, 5.41) is 68.6. The second kappa shape index (κ2) is 13.0. The molecule has 55 heavy (non-hydrogen) atoms. The molecule has 8 heteroatoms. The number of fused-ring (bicyclic) bond motifs is 4. The number of phenolic OH excluding ortho intramolecular Hbond substituents is 5. The largest absolute Gasteiger partial charge is 0.507 e. The zero-order valence-electron chi connectivity index (χ0n) is 31.1. The van der Waals surface area contributed by atoms with Gasteiger partial charge in [0.05, 0.1) is 23.2 Å². The first-order valence-electron chi connectivity index (χ1n) is 20.4. The molecule has 4 aromatic rings. The fourth-order valence-electron chi connectivity index (χ4n) is 12.8. The number of ether oxygens (including phenoxy) is 1. The maximum Gasteiger partial charge on any atom is 0.169 e. The molecule has 10 rings (SSSR count). The lowest BCUT2D eigenvalue weighted by Crippen LogP contribution is -2.76. The van der Waals surface area contributed by atoms with Crippen LogP contribution in [-0.4, -0.2) is 54.5 Å². The monoisotopic (exact) mass is 741 g/mol. The zero-order chi connectivity index (χ0) is 37.6. The molecule has 10 atom stereocenters. The van der Waals surface area contributed by atoms with Gasteiger partial charge in [0.1, 0.15) is 5.75 Å². The molecule has 3 saturated carbocycles. The van der Waals surface area contributed by atoms with E-state index in [9.17, 15) is 30.6 Å². The third kappa shape index (κ3) is 5.35. The summed E-state index contributed by atoms with van der Waals surface area (Å²) in [7, 11) is 0. The van der Waals surface area contributed by atoms with Crippen LogP contribution in [0.3, 0.4) is 0 Å². The molecule has 7 N–H and O–H groups in total. The van der Waals surface area contributed by atoms with Crippen LogP contribution < -0.4 is 5.32 Å². The summed E-state index contributed by atoms with van der Waals surface area (Å²) >= 11 is 0. The summed E-state index contributed by atoms with van der Waals surface area (Å²) in [6.45, 7) is 0.780. The Labute approximate surface area is 321 Å². The molecule has 4 aliphatic carbocycles. The number of aliphatic hydroxyl groups excluding tert-OH is 1. The first-order valence-corrected chi connectivity index (χ1v) is 20.4. The highest BCUT2D eigenvalue weighted by atomic mass is 16.5. The van der Waals surface area contributed by atoms with Gasteiger partial charge in [0.25, 0.3) is 0 Å². The molecule has 2 aliphatic heterocycles. The molecule has 5 fully saturated rings. The van der Waals surface area contributed by atoms with E-state index in [-0.39, 0.29) is 57.4 Å². The lowest BCUT2D eigenvalue weighted by atomic mass is 9.40. The van der Waals surface area contributed by atoms with Crippen molar-refractivity contribution in [1.82, 2.24) is 5.32 Å². The number of rotatable bonds is 8. The van der Waals surface area contributed by atoms with Gasteiger partial charge in [-0.2, -0.15) is 0 Å². The minimum Gasteiger partial charge on any atom is -0.507 e. The first kappa shape index (κ1) is 35.0. The van der Waals surface area contributed by atoms with Crippen LogP contribution in [0.15, 0.2) is 72.8 Å². The van der Waals surface area contributed by atoms with Crippen LogP contribution in [-0.2, 0) is 24.1 Å². The Kier molecular flexibility index (Phi) is 8.29. The van der Waals surface area contributed by atoms with E-state index in [1.807, 2.05) is 0 Å². The van der Waals surface area contributed by atoms with Gasteiger partial charge < -0.3 is 40.7 Å². The molecule has 286 valence electrons. The van der Waals surface area contributed by atoms with Gasteiger partial charge in [-0.05, 0) is 128 Å². The summed E-state index contributed by atoms with van der Waals surface area (Å²) in [6.07, 6.45) is 18.6. The van der Waals surface area contributed by atoms with Gasteiger partial charge in [0, 0.05) is 35.4 Å². The van der Waals surface area contributed by atoms with Crippen molar-refractivity contribution in [2.45, 2.75) is 94.6 Å². The standard InChI is InChI=1S/C47H51NO7/c49-32-22-31-13-16-36-38(23-42-30-12-11-29-18-19-46(31,24-32)47(36,55-42)37(29)21-30)48-25-28-6-4-26(5-7-28)8-15-35-33(14-9-27-10-17-39(50)41(52)20-27)34-2-1-3-40(51)43(34)45(54)44(35)53/h1-7,9-12,14,17,20,29-32,36-38,42,48-54H,8,13,15-16,18-19,21-25H2/b14-9+/t29-,30+,31+,32-,36+,37+,38-,42-,46-,47+/m1/s1. The third-order valence-electron chi connectivity index (χ3n) is 15.1. The quantitative estimate of drug-likeness (QED) is 0.0546. The fourth-order valence-corrected chi connectivity index (χ4v) is 12.8. The van der Waals surface area contributed by atoms with Crippen molar-refractivity contribution in [2.75, 3.05) is 0 Å². The molecule has 4 bridgehead atoms. The highest BCUT2D eigenvalue weighted by Crippen LogP contribution is 2.73. The van der Waals surface area contributed by atoms with Crippen LogP contribution in [0.2, 0.25) is 0 Å². The number of nitrogens with one attached hydrogen (secondary N) is 1. The van der Waals surface area contributed by atoms with Gasteiger partial charge in [-0.15, -0.1) is 0 Å². The Morgan fingerprint density at radius 3 is 2.40 bits per heavy atom. The topological polar surface area (TPSA) is 143 Å². The lowest BCUT2D eigenvalue weighted by molar-refractivity contribution is -0.336. The minimum atomic E-state index is -0.354. The average Bonchev–Trinajstić information content (AvgIpc) is 3.53. The van der Waals surface area contributed by atoms with Crippen LogP contribution in [0, 0.1) is 35.0 Å². The van der Waals surface area contributed by atoms with Gasteiger partial charge in [-0.1, -0.05) is 66.8 Å². The number of phenols is 5. The van der Waals surface area contributed by atoms with Crippen molar-refractivity contribution in [2.24, 2.45) is 35.0 Å². The van der Waals surface area contributed by atoms with Crippen molar-refractivity contribution in [3.05, 3.63) is 101 Å². The van der Waals surface area contributed by atoms with Gasteiger partial charge >= 0.3 is 0 Å². The summed E-state index contributed by atoms with van der Waals surface area (Å²) in [5.41, 5.74) is 4.14. The van der Waals surface area contributed by atoms with Crippen molar-refractivity contribution < 1.29 is 35.4 Å². The number of benzene rings is 4. The van der Waals surface area contributed by atoms with Gasteiger partial charge in [-0.25, -0.2) is 0 Å². The maximum absolute atomic E-state index is 11.3. The predicted octanol–water partition coefficient (Wildman–Crippen LogP) is 8.09. The second-order valence-electron chi connectivity index (χ2n) is 17.6. The summed E-state index contributed by atoms with van der Waals surface area (Å²) < 4.78 is 7.46. The molecule has 0 amide bonds. The van der Waals surface area contributed by atoms with E-state index >= 15 is 0 Å². The average molecular weight is 742 g/mol. The molecule has 0 aromatic heterocycles. The number of aromatic hydroxyl groups is 5. The molecule has 2 spiro atoms. The summed E-state index contributed by atoms with van der Waals surface area (Å²) in [4.78, 5) is 0. The third-order valence-corrected chi connectivity index (χ3v) is 15.1. The molecule has 8 nitrogen and oxygen atoms in total. The normalized spacial score (nSPS) is 34.3. The van der Waals surface area contributed by atoms with E-state index in [2.05, 4.69) is 41.7 Å². The Morgan fingerprint density at radius 2 is 1.56 bits per heavy atom. The van der Waals surface area contributed by atoms with Crippen molar-refractivity contribution >= 4 is 22.9 Å². The Hall–Kier alpha value is -4.50. The van der Waals surface area contributed by atoms with Crippen LogP contribution in [0.5, 0.6) is 28.7 Å². The van der Waals surface area contributed by atoms with Crippen LogP contribution in [0.4, 0.5) is 0 Å². The number of hydrogen-bond donors (Lipinski definition) is 7. The number of allylic oxidation sites excluding steroid dienone is 1. The number of aryl methyl sites for hydroxylation is 1. The second-order valence-corrected chi connectivity index (χ2v) is 17.6. The van der Waals surface area contributed by atoms with Crippen LogP contribution in [0.1, 0.15) is 79.2 Å². The number of hydrogen-bond acceptors (Lipinski definition) is 8. The van der Waals surface area contributed by atoms with E-state index in [0.717, 1.165) is 31.4 Å². The Morgan fingerprint density at radius 1 is 0.745 bits per heavy atom. The first-order chi connectivity index (χ1) is 26.6. The molecular formula is C47H51NO7. The predicted molar refractivity (Wildman–Crippen MR) is 212 cm³/mol. The van der Waals surface area contributed by atoms with E-state index in [1.54, 1.807) is 30.4 Å². The smallest absolute Gasteiger partial charge is 0.169 e. The van der Waals surface area contributed by atoms with E-state index in [1.165, 1.54) is 55.9 Å². The van der Waals surface area contributed by atoms with Crippen molar-refractivity contribution in [1.29, 1.82) is 0 Å². The molecule has 4 aromatic carbocycles. The van der Waals surface area contributed by atoms with E-state index in [0.29, 0.717) is 70.5 Å². The molecular weight excluding hydrogens is 691 g/mol. The number of aliphatic hydroxyl groups is 1. The highest BCUT2D eigenvalue weighted by Gasteiger charge is 2.74. The zero-order valence-corrected chi connectivity index (χ0v) is 31.1. The molecule has 2 heterocycles. The Balaban J connectivity index is 0.881. The van der Waals surface area contributed by atoms with Crippen LogP contribution >= 0.6 is 0 Å². The van der Waals surface area contributed by atoms with Crippen molar-refractivity contribution in [3.8, 4) is 28.7 Å².